The van der Waals surface area contributed by atoms with E-state index in [4.69, 9.17) is 15.7 Å². The van der Waals surface area contributed by atoms with Crippen molar-refractivity contribution < 1.29 is 9.94 Å². The summed E-state index contributed by atoms with van der Waals surface area (Å²) in [6.45, 7) is 0.773. The smallest absolute Gasteiger partial charge is 0.171 e. The van der Waals surface area contributed by atoms with Crippen molar-refractivity contribution in [3.05, 3.63) is 28.2 Å². The highest BCUT2D eigenvalue weighted by atomic mass is 79.9. The van der Waals surface area contributed by atoms with E-state index in [1.165, 1.54) is 12.8 Å². The third-order valence-corrected chi connectivity index (χ3v) is 3.16. The Kier molecular flexibility index (Phi) is 3.33. The first kappa shape index (κ1) is 11.3. The number of nitrogens with two attached hydrogens (primary N) is 1. The predicted octanol–water partition coefficient (Wildman–Crippen LogP) is 2.33. The van der Waals surface area contributed by atoms with Crippen LogP contribution in [0.2, 0.25) is 0 Å². The van der Waals surface area contributed by atoms with E-state index in [2.05, 4.69) is 21.1 Å². The molecule has 1 saturated carbocycles. The first-order valence-corrected chi connectivity index (χ1v) is 5.90. The van der Waals surface area contributed by atoms with Gasteiger partial charge in [-0.3, -0.25) is 0 Å². The molecule has 1 fully saturated rings. The fraction of sp³-hybridized carbons (Fsp3) is 0.364. The number of nitrogens with zero attached hydrogens (tertiary/aromatic N) is 1. The molecule has 0 amide bonds. The van der Waals surface area contributed by atoms with Crippen LogP contribution in [0, 0.1) is 5.92 Å². The van der Waals surface area contributed by atoms with E-state index in [1.54, 1.807) is 6.07 Å². The van der Waals surface area contributed by atoms with Crippen molar-refractivity contribution in [2.75, 3.05) is 6.61 Å². The number of benzene rings is 1. The molecule has 1 aliphatic rings. The first-order valence-electron chi connectivity index (χ1n) is 5.11. The molecule has 5 heteroatoms. The lowest BCUT2D eigenvalue weighted by atomic mass is 10.2. The van der Waals surface area contributed by atoms with Gasteiger partial charge in [0.05, 0.1) is 6.61 Å². The summed E-state index contributed by atoms with van der Waals surface area (Å²) in [5.74, 6) is 1.61. The lowest BCUT2D eigenvalue weighted by Gasteiger charge is -2.08. The Morgan fingerprint density at radius 2 is 2.31 bits per heavy atom. The van der Waals surface area contributed by atoms with Gasteiger partial charge in [0.25, 0.3) is 0 Å². The quantitative estimate of drug-likeness (QED) is 0.386. The second-order valence-electron chi connectivity index (χ2n) is 3.88. The number of hydrogen-bond donors (Lipinski definition) is 2. The molecule has 1 aromatic carbocycles. The Labute approximate surface area is 102 Å². The van der Waals surface area contributed by atoms with Crippen LogP contribution in [0.15, 0.2) is 27.8 Å². The Hall–Kier alpha value is -1.23. The number of oxime groups is 1. The summed E-state index contributed by atoms with van der Waals surface area (Å²) < 4.78 is 6.37. The van der Waals surface area contributed by atoms with Crippen LogP contribution in [0.3, 0.4) is 0 Å². The zero-order chi connectivity index (χ0) is 11.5. The highest BCUT2D eigenvalue weighted by Gasteiger charge is 2.22. The Bertz CT molecular complexity index is 416. The predicted molar refractivity (Wildman–Crippen MR) is 64.9 cm³/mol. The van der Waals surface area contributed by atoms with Gasteiger partial charge in [-0.25, -0.2) is 0 Å². The van der Waals surface area contributed by atoms with Crippen molar-refractivity contribution in [2.45, 2.75) is 12.8 Å². The van der Waals surface area contributed by atoms with Gasteiger partial charge in [-0.2, -0.15) is 0 Å². The van der Waals surface area contributed by atoms with Gasteiger partial charge in [0.15, 0.2) is 5.84 Å². The molecule has 0 radical (unpaired) electrons. The first-order chi connectivity index (χ1) is 7.70. The van der Waals surface area contributed by atoms with E-state index in [0.717, 1.165) is 22.7 Å². The zero-order valence-corrected chi connectivity index (χ0v) is 10.3. The highest BCUT2D eigenvalue weighted by molar-refractivity contribution is 9.10. The second kappa shape index (κ2) is 4.74. The van der Waals surface area contributed by atoms with Crippen LogP contribution in [0.1, 0.15) is 18.4 Å². The number of rotatable bonds is 4. The average Bonchev–Trinajstić information content (AvgIpc) is 3.09. The van der Waals surface area contributed by atoms with Crippen molar-refractivity contribution in [1.29, 1.82) is 0 Å². The molecule has 0 heterocycles. The van der Waals surface area contributed by atoms with E-state index in [0.29, 0.717) is 5.56 Å². The topological polar surface area (TPSA) is 67.8 Å². The maximum Gasteiger partial charge on any atom is 0.171 e. The van der Waals surface area contributed by atoms with Gasteiger partial charge in [0.2, 0.25) is 0 Å². The summed E-state index contributed by atoms with van der Waals surface area (Å²) in [7, 11) is 0. The lowest BCUT2D eigenvalue weighted by Crippen LogP contribution is -2.13. The third kappa shape index (κ3) is 2.66. The Morgan fingerprint density at radius 3 is 2.88 bits per heavy atom. The molecule has 16 heavy (non-hydrogen) atoms. The molecule has 3 N–H and O–H groups in total. The molecule has 0 spiro atoms. The zero-order valence-electron chi connectivity index (χ0n) is 8.69. The van der Waals surface area contributed by atoms with Crippen molar-refractivity contribution in [3.8, 4) is 5.75 Å². The van der Waals surface area contributed by atoms with E-state index < -0.39 is 0 Å². The molecule has 86 valence electrons. The fourth-order valence-corrected chi connectivity index (χ4v) is 1.91. The summed E-state index contributed by atoms with van der Waals surface area (Å²) in [6.07, 6.45) is 2.53. The normalized spacial score (nSPS) is 16.2. The maximum atomic E-state index is 8.58. The van der Waals surface area contributed by atoms with Crippen LogP contribution in [-0.2, 0) is 0 Å². The summed E-state index contributed by atoms with van der Waals surface area (Å²) in [5.41, 5.74) is 6.16. The molecule has 0 atom stereocenters. The molecular weight excluding hydrogens is 272 g/mol. The van der Waals surface area contributed by atoms with Gasteiger partial charge < -0.3 is 15.7 Å². The van der Waals surface area contributed by atoms with Crippen LogP contribution in [0.4, 0.5) is 0 Å². The van der Waals surface area contributed by atoms with E-state index in [-0.39, 0.29) is 5.84 Å². The van der Waals surface area contributed by atoms with Gasteiger partial charge in [-0.05, 0) is 52.9 Å². The summed E-state index contributed by atoms with van der Waals surface area (Å²) in [5, 5.41) is 11.5. The van der Waals surface area contributed by atoms with Gasteiger partial charge >= 0.3 is 0 Å². The number of halogens is 1. The van der Waals surface area contributed by atoms with Crippen molar-refractivity contribution in [2.24, 2.45) is 16.8 Å². The summed E-state index contributed by atoms with van der Waals surface area (Å²) >= 11 is 3.36. The number of ether oxygens (including phenoxy) is 1. The molecular formula is C11H13BrN2O2. The minimum Gasteiger partial charge on any atom is -0.493 e. The SMILES string of the molecule is N/C(=N/O)c1ccc(OCC2CC2)cc1Br. The third-order valence-electron chi connectivity index (χ3n) is 2.51. The summed E-state index contributed by atoms with van der Waals surface area (Å²) in [6, 6.07) is 5.41. The van der Waals surface area contributed by atoms with Crippen LogP contribution in [0.25, 0.3) is 0 Å². The number of amidine groups is 1. The molecule has 0 saturated heterocycles. The van der Waals surface area contributed by atoms with Crippen molar-refractivity contribution in [3.63, 3.8) is 0 Å². The van der Waals surface area contributed by atoms with Crippen LogP contribution in [0.5, 0.6) is 5.75 Å². The molecule has 4 nitrogen and oxygen atoms in total. The largest absolute Gasteiger partial charge is 0.493 e. The van der Waals surface area contributed by atoms with Gasteiger partial charge in [0.1, 0.15) is 5.75 Å². The van der Waals surface area contributed by atoms with E-state index in [1.807, 2.05) is 12.1 Å². The second-order valence-corrected chi connectivity index (χ2v) is 4.74. The Balaban J connectivity index is 2.08. The van der Waals surface area contributed by atoms with E-state index >= 15 is 0 Å². The summed E-state index contributed by atoms with van der Waals surface area (Å²) in [4.78, 5) is 0. The average molecular weight is 285 g/mol. The highest BCUT2D eigenvalue weighted by Crippen LogP contribution is 2.30. The monoisotopic (exact) mass is 284 g/mol. The molecule has 0 unspecified atom stereocenters. The molecule has 0 bridgehead atoms. The minimum atomic E-state index is 0.0839. The molecule has 2 rings (SSSR count). The van der Waals surface area contributed by atoms with Crippen molar-refractivity contribution in [1.82, 2.24) is 0 Å². The minimum absolute atomic E-state index is 0.0839. The Morgan fingerprint density at radius 1 is 1.56 bits per heavy atom. The fourth-order valence-electron chi connectivity index (χ4n) is 1.35. The van der Waals surface area contributed by atoms with Crippen molar-refractivity contribution >= 4 is 21.8 Å². The van der Waals surface area contributed by atoms with E-state index in [9.17, 15) is 0 Å². The van der Waals surface area contributed by atoms with Crippen LogP contribution in [-0.4, -0.2) is 17.6 Å². The van der Waals surface area contributed by atoms with Crippen LogP contribution >= 0.6 is 15.9 Å². The molecule has 0 aliphatic heterocycles. The standard InChI is InChI=1S/C11H13BrN2O2/c12-10-5-8(16-6-7-1-2-7)3-4-9(10)11(13)14-15/h3-5,7,15H,1-2,6H2,(H2,13,14). The molecule has 1 aromatic rings. The van der Waals surface area contributed by atoms with Gasteiger partial charge in [0, 0.05) is 10.0 Å². The maximum absolute atomic E-state index is 8.58. The van der Waals surface area contributed by atoms with Gasteiger partial charge in [-0.15, -0.1) is 0 Å². The van der Waals surface area contributed by atoms with Gasteiger partial charge in [-0.1, -0.05) is 5.16 Å². The molecule has 1 aliphatic carbocycles. The van der Waals surface area contributed by atoms with Crippen LogP contribution < -0.4 is 10.5 Å². The number of hydrogen-bond acceptors (Lipinski definition) is 3. The lowest BCUT2D eigenvalue weighted by molar-refractivity contribution is 0.299. The molecule has 0 aromatic heterocycles.